The van der Waals surface area contributed by atoms with Gasteiger partial charge in [-0.1, -0.05) is 0 Å². The van der Waals surface area contributed by atoms with E-state index in [4.69, 9.17) is 19.3 Å². The van der Waals surface area contributed by atoms with Crippen molar-refractivity contribution in [2.24, 2.45) is 0 Å². The van der Waals surface area contributed by atoms with Crippen molar-refractivity contribution in [3.05, 3.63) is 0 Å². The minimum absolute atomic E-state index is 0.0814. The van der Waals surface area contributed by atoms with Crippen LogP contribution in [0.25, 0.3) is 0 Å². The first-order chi connectivity index (χ1) is 5.09. The SMILES string of the molecule is COC1OC(C)(C)OC1CO. The highest BCUT2D eigenvalue weighted by molar-refractivity contribution is 4.74. The topological polar surface area (TPSA) is 47.9 Å². The van der Waals surface area contributed by atoms with E-state index in [1.165, 1.54) is 7.11 Å². The van der Waals surface area contributed by atoms with E-state index in [1.807, 2.05) is 0 Å². The van der Waals surface area contributed by atoms with Gasteiger partial charge in [-0.25, -0.2) is 0 Å². The molecule has 11 heavy (non-hydrogen) atoms. The van der Waals surface area contributed by atoms with E-state index in [-0.39, 0.29) is 12.7 Å². The molecule has 0 spiro atoms. The van der Waals surface area contributed by atoms with Crippen LogP contribution in [0.5, 0.6) is 0 Å². The standard InChI is InChI=1S/C7H14O4/c1-7(2)10-5(4-8)6(9-3)11-7/h5-6,8H,4H2,1-3H3. The van der Waals surface area contributed by atoms with Crippen molar-refractivity contribution in [1.82, 2.24) is 0 Å². The summed E-state index contributed by atoms with van der Waals surface area (Å²) in [5.74, 6) is -0.645. The molecule has 0 aromatic heterocycles. The molecule has 1 saturated heterocycles. The maximum absolute atomic E-state index is 8.81. The summed E-state index contributed by atoms with van der Waals surface area (Å²) < 4.78 is 15.5. The molecule has 1 N–H and O–H groups in total. The fraction of sp³-hybridized carbons (Fsp3) is 1.00. The molecule has 1 rings (SSSR count). The Bertz CT molecular complexity index is 120. The quantitative estimate of drug-likeness (QED) is 0.625. The Morgan fingerprint density at radius 1 is 1.45 bits per heavy atom. The number of rotatable bonds is 2. The second-order valence-corrected chi connectivity index (χ2v) is 2.96. The van der Waals surface area contributed by atoms with Gasteiger partial charge in [-0.2, -0.15) is 0 Å². The van der Waals surface area contributed by atoms with Crippen molar-refractivity contribution in [3.63, 3.8) is 0 Å². The first kappa shape index (κ1) is 8.93. The second-order valence-electron chi connectivity index (χ2n) is 2.96. The van der Waals surface area contributed by atoms with Gasteiger partial charge in [0.1, 0.15) is 6.10 Å². The number of aliphatic hydroxyl groups is 1. The molecule has 4 nitrogen and oxygen atoms in total. The summed E-state index contributed by atoms with van der Waals surface area (Å²) in [6.07, 6.45) is -0.815. The van der Waals surface area contributed by atoms with Crippen LogP contribution in [0.15, 0.2) is 0 Å². The van der Waals surface area contributed by atoms with Crippen molar-refractivity contribution in [2.45, 2.75) is 32.0 Å². The summed E-state index contributed by atoms with van der Waals surface area (Å²) >= 11 is 0. The van der Waals surface area contributed by atoms with Crippen LogP contribution >= 0.6 is 0 Å². The lowest BCUT2D eigenvalue weighted by atomic mass is 10.4. The second kappa shape index (κ2) is 3.06. The third-order valence-electron chi connectivity index (χ3n) is 1.55. The predicted molar refractivity (Wildman–Crippen MR) is 37.9 cm³/mol. The Morgan fingerprint density at radius 3 is 2.45 bits per heavy atom. The minimum atomic E-state index is -0.645. The van der Waals surface area contributed by atoms with Crippen LogP contribution in [-0.4, -0.2) is 37.0 Å². The van der Waals surface area contributed by atoms with E-state index in [2.05, 4.69) is 0 Å². The minimum Gasteiger partial charge on any atom is -0.393 e. The molecule has 0 saturated carbocycles. The van der Waals surface area contributed by atoms with Gasteiger partial charge in [0.15, 0.2) is 12.1 Å². The summed E-state index contributed by atoms with van der Waals surface area (Å²) in [5, 5.41) is 8.81. The van der Waals surface area contributed by atoms with Crippen LogP contribution in [0.2, 0.25) is 0 Å². The maximum atomic E-state index is 8.81. The lowest BCUT2D eigenvalue weighted by Gasteiger charge is -2.15. The molecule has 66 valence electrons. The fourth-order valence-corrected chi connectivity index (χ4v) is 1.13. The fourth-order valence-electron chi connectivity index (χ4n) is 1.13. The molecule has 1 fully saturated rings. The van der Waals surface area contributed by atoms with E-state index in [1.54, 1.807) is 13.8 Å². The Hall–Kier alpha value is -0.160. The summed E-state index contributed by atoms with van der Waals surface area (Å²) in [5.41, 5.74) is 0. The number of ether oxygens (including phenoxy) is 3. The summed E-state index contributed by atoms with van der Waals surface area (Å²) in [6, 6.07) is 0. The zero-order valence-corrected chi connectivity index (χ0v) is 7.03. The van der Waals surface area contributed by atoms with Crippen LogP contribution in [0.1, 0.15) is 13.8 Å². The van der Waals surface area contributed by atoms with E-state index >= 15 is 0 Å². The molecule has 0 bridgehead atoms. The van der Waals surface area contributed by atoms with Crippen LogP contribution < -0.4 is 0 Å². The average Bonchev–Trinajstić information content (AvgIpc) is 2.25. The molecular formula is C7H14O4. The molecule has 0 radical (unpaired) electrons. The summed E-state index contributed by atoms with van der Waals surface area (Å²) in [4.78, 5) is 0. The number of hydrogen-bond acceptors (Lipinski definition) is 4. The number of hydrogen-bond donors (Lipinski definition) is 1. The lowest BCUT2D eigenvalue weighted by molar-refractivity contribution is -0.182. The van der Waals surface area contributed by atoms with Gasteiger partial charge in [0, 0.05) is 7.11 Å². The molecule has 0 aromatic rings. The van der Waals surface area contributed by atoms with Gasteiger partial charge < -0.3 is 19.3 Å². The predicted octanol–water partition coefficient (Wildman–Crippen LogP) is 0.103. The van der Waals surface area contributed by atoms with Crippen molar-refractivity contribution in [3.8, 4) is 0 Å². The molecule has 1 aliphatic rings. The first-order valence-electron chi connectivity index (χ1n) is 3.58. The molecule has 4 heteroatoms. The third-order valence-corrected chi connectivity index (χ3v) is 1.55. The van der Waals surface area contributed by atoms with E-state index in [9.17, 15) is 0 Å². The number of aliphatic hydroxyl groups excluding tert-OH is 1. The van der Waals surface area contributed by atoms with E-state index in [0.717, 1.165) is 0 Å². The van der Waals surface area contributed by atoms with Crippen molar-refractivity contribution < 1.29 is 19.3 Å². The summed E-state index contributed by atoms with van der Waals surface area (Å²) in [6.45, 7) is 3.49. The van der Waals surface area contributed by atoms with Crippen LogP contribution in [0.4, 0.5) is 0 Å². The van der Waals surface area contributed by atoms with Crippen molar-refractivity contribution >= 4 is 0 Å². The Balaban J connectivity index is 2.55. The first-order valence-corrected chi connectivity index (χ1v) is 3.58. The smallest absolute Gasteiger partial charge is 0.189 e. The Kier molecular flexibility index (Phi) is 2.49. The Morgan fingerprint density at radius 2 is 2.09 bits per heavy atom. The Labute approximate surface area is 66.1 Å². The van der Waals surface area contributed by atoms with Crippen LogP contribution in [-0.2, 0) is 14.2 Å². The van der Waals surface area contributed by atoms with Gasteiger partial charge in [0.25, 0.3) is 0 Å². The van der Waals surface area contributed by atoms with Gasteiger partial charge in [-0.3, -0.25) is 0 Å². The van der Waals surface area contributed by atoms with Gasteiger partial charge in [-0.15, -0.1) is 0 Å². The largest absolute Gasteiger partial charge is 0.393 e. The average molecular weight is 162 g/mol. The molecule has 2 unspecified atom stereocenters. The van der Waals surface area contributed by atoms with Gasteiger partial charge >= 0.3 is 0 Å². The number of methoxy groups -OCH3 is 1. The zero-order chi connectivity index (χ0) is 8.48. The van der Waals surface area contributed by atoms with Gasteiger partial charge in [0.05, 0.1) is 6.61 Å². The normalized spacial score (nSPS) is 36.0. The molecular weight excluding hydrogens is 148 g/mol. The monoisotopic (exact) mass is 162 g/mol. The highest BCUT2D eigenvalue weighted by atomic mass is 16.8. The highest BCUT2D eigenvalue weighted by Gasteiger charge is 2.40. The molecule has 0 aliphatic carbocycles. The maximum Gasteiger partial charge on any atom is 0.189 e. The molecule has 0 aromatic carbocycles. The zero-order valence-electron chi connectivity index (χ0n) is 7.03. The van der Waals surface area contributed by atoms with Gasteiger partial charge in [-0.05, 0) is 13.8 Å². The van der Waals surface area contributed by atoms with E-state index < -0.39 is 12.1 Å². The van der Waals surface area contributed by atoms with Crippen molar-refractivity contribution in [1.29, 1.82) is 0 Å². The molecule has 0 amide bonds. The summed E-state index contributed by atoms with van der Waals surface area (Å²) in [7, 11) is 1.53. The van der Waals surface area contributed by atoms with Gasteiger partial charge in [0.2, 0.25) is 0 Å². The molecule has 1 aliphatic heterocycles. The van der Waals surface area contributed by atoms with Crippen LogP contribution in [0, 0.1) is 0 Å². The molecule has 2 atom stereocenters. The van der Waals surface area contributed by atoms with E-state index in [0.29, 0.717) is 0 Å². The third kappa shape index (κ3) is 1.90. The lowest BCUT2D eigenvalue weighted by Crippen LogP contribution is -2.27. The van der Waals surface area contributed by atoms with Crippen molar-refractivity contribution in [2.75, 3.05) is 13.7 Å². The highest BCUT2D eigenvalue weighted by Crippen LogP contribution is 2.27. The molecule has 1 heterocycles. The van der Waals surface area contributed by atoms with Crippen LogP contribution in [0.3, 0.4) is 0 Å².